The summed E-state index contributed by atoms with van der Waals surface area (Å²) in [5.41, 5.74) is 0.482. The van der Waals surface area contributed by atoms with Crippen LogP contribution in [0.4, 0.5) is 0 Å². The van der Waals surface area contributed by atoms with Crippen molar-refractivity contribution in [1.82, 2.24) is 14.8 Å². The SMILES string of the molecule is COC(=O)[C@H]1CC=CC[C@H]1C(=O)N1CCC2(CCN(C(=O)c3cc(Cl)nc(OC)c3)CC2)C1. The van der Waals surface area contributed by atoms with E-state index < -0.39 is 5.92 Å². The Balaban J connectivity index is 1.37. The van der Waals surface area contributed by atoms with Gasteiger partial charge >= 0.3 is 5.97 Å². The number of aromatic nitrogens is 1. The molecular formula is C24H30ClN3O5. The van der Waals surface area contributed by atoms with Gasteiger partial charge in [-0.05, 0) is 43.6 Å². The summed E-state index contributed by atoms with van der Waals surface area (Å²) >= 11 is 6.03. The minimum Gasteiger partial charge on any atom is -0.481 e. The van der Waals surface area contributed by atoms with Gasteiger partial charge in [0.1, 0.15) is 5.15 Å². The van der Waals surface area contributed by atoms with E-state index in [1.807, 2.05) is 22.0 Å². The van der Waals surface area contributed by atoms with Crippen molar-refractivity contribution >= 4 is 29.4 Å². The van der Waals surface area contributed by atoms with E-state index in [0.29, 0.717) is 50.5 Å². The average Bonchev–Trinajstić information content (AvgIpc) is 3.26. The molecule has 3 heterocycles. The molecule has 3 aliphatic rings. The Morgan fingerprint density at radius 1 is 1.00 bits per heavy atom. The molecule has 0 unspecified atom stereocenters. The number of hydrogen-bond acceptors (Lipinski definition) is 6. The summed E-state index contributed by atoms with van der Waals surface area (Å²) in [7, 11) is 2.86. The topological polar surface area (TPSA) is 89.0 Å². The molecule has 1 aromatic rings. The number of amides is 2. The lowest BCUT2D eigenvalue weighted by Gasteiger charge is -2.39. The summed E-state index contributed by atoms with van der Waals surface area (Å²) in [5, 5.41) is 0.221. The van der Waals surface area contributed by atoms with Gasteiger partial charge in [0.2, 0.25) is 11.8 Å². The van der Waals surface area contributed by atoms with Gasteiger partial charge in [-0.3, -0.25) is 14.4 Å². The molecule has 1 spiro atoms. The number of methoxy groups -OCH3 is 2. The molecule has 178 valence electrons. The van der Waals surface area contributed by atoms with E-state index in [1.165, 1.54) is 14.2 Å². The molecule has 8 nitrogen and oxygen atoms in total. The number of likely N-dealkylation sites (tertiary alicyclic amines) is 2. The normalized spacial score (nSPS) is 24.1. The molecule has 0 radical (unpaired) electrons. The number of pyridine rings is 1. The largest absolute Gasteiger partial charge is 0.481 e. The van der Waals surface area contributed by atoms with Gasteiger partial charge in [0, 0.05) is 37.8 Å². The summed E-state index contributed by atoms with van der Waals surface area (Å²) in [6.07, 6.45) is 7.65. The van der Waals surface area contributed by atoms with Crippen LogP contribution in [0.2, 0.25) is 5.15 Å². The first kappa shape index (κ1) is 23.5. The third kappa shape index (κ3) is 4.86. The summed E-state index contributed by atoms with van der Waals surface area (Å²) in [6, 6.07) is 3.16. The number of rotatable bonds is 4. The molecule has 0 bridgehead atoms. The predicted octanol–water partition coefficient (Wildman–Crippen LogP) is 2.95. The van der Waals surface area contributed by atoms with Crippen molar-refractivity contribution in [3.8, 4) is 5.88 Å². The second-order valence-electron chi connectivity index (χ2n) is 9.20. The van der Waals surface area contributed by atoms with Crippen LogP contribution in [-0.4, -0.2) is 73.0 Å². The number of nitrogens with zero attached hydrogens (tertiary/aromatic N) is 3. The molecule has 0 N–H and O–H groups in total. The zero-order valence-corrected chi connectivity index (χ0v) is 19.8. The quantitative estimate of drug-likeness (QED) is 0.378. The van der Waals surface area contributed by atoms with Gasteiger partial charge < -0.3 is 19.3 Å². The van der Waals surface area contributed by atoms with Gasteiger partial charge in [-0.2, -0.15) is 0 Å². The number of hydrogen-bond donors (Lipinski definition) is 0. The number of piperidine rings is 1. The summed E-state index contributed by atoms with van der Waals surface area (Å²) in [4.78, 5) is 46.3. The van der Waals surface area contributed by atoms with Crippen molar-refractivity contribution in [3.05, 3.63) is 35.0 Å². The van der Waals surface area contributed by atoms with Crippen LogP contribution in [0.3, 0.4) is 0 Å². The zero-order chi connectivity index (χ0) is 23.6. The molecule has 2 atom stereocenters. The van der Waals surface area contributed by atoms with Crippen molar-refractivity contribution in [2.24, 2.45) is 17.3 Å². The Bertz CT molecular complexity index is 957. The summed E-state index contributed by atoms with van der Waals surface area (Å²) < 4.78 is 10.1. The molecule has 1 aliphatic carbocycles. The number of carbonyl (C=O) groups is 3. The molecular weight excluding hydrogens is 446 g/mol. The zero-order valence-electron chi connectivity index (χ0n) is 19.1. The molecule has 2 fully saturated rings. The fourth-order valence-electron chi connectivity index (χ4n) is 5.33. The number of esters is 1. The fraction of sp³-hybridized carbons (Fsp3) is 0.583. The van der Waals surface area contributed by atoms with Crippen LogP contribution in [0.1, 0.15) is 42.5 Å². The monoisotopic (exact) mass is 475 g/mol. The van der Waals surface area contributed by atoms with E-state index >= 15 is 0 Å². The average molecular weight is 476 g/mol. The lowest BCUT2D eigenvalue weighted by atomic mass is 9.77. The molecule has 9 heteroatoms. The van der Waals surface area contributed by atoms with Crippen LogP contribution in [0.5, 0.6) is 5.88 Å². The second kappa shape index (κ2) is 9.71. The Labute approximate surface area is 198 Å². The van der Waals surface area contributed by atoms with Crippen molar-refractivity contribution in [3.63, 3.8) is 0 Å². The van der Waals surface area contributed by atoms with Crippen LogP contribution in [0.25, 0.3) is 0 Å². The number of carbonyl (C=O) groups excluding carboxylic acids is 3. The molecule has 1 aromatic heterocycles. The fourth-order valence-corrected chi connectivity index (χ4v) is 5.53. The third-order valence-electron chi connectivity index (χ3n) is 7.34. The van der Waals surface area contributed by atoms with Crippen LogP contribution < -0.4 is 4.74 Å². The Morgan fingerprint density at radius 2 is 1.64 bits per heavy atom. The van der Waals surface area contributed by atoms with Crippen LogP contribution in [-0.2, 0) is 14.3 Å². The van der Waals surface area contributed by atoms with Crippen molar-refractivity contribution < 1.29 is 23.9 Å². The number of halogens is 1. The van der Waals surface area contributed by atoms with E-state index in [1.54, 1.807) is 12.1 Å². The first-order valence-corrected chi connectivity index (χ1v) is 11.8. The van der Waals surface area contributed by atoms with Crippen molar-refractivity contribution in [1.29, 1.82) is 0 Å². The molecule has 33 heavy (non-hydrogen) atoms. The molecule has 2 saturated heterocycles. The van der Waals surface area contributed by atoms with Gasteiger partial charge in [-0.15, -0.1) is 0 Å². The van der Waals surface area contributed by atoms with Crippen molar-refractivity contribution in [2.75, 3.05) is 40.4 Å². The van der Waals surface area contributed by atoms with E-state index in [-0.39, 0.29) is 34.3 Å². The van der Waals surface area contributed by atoms with Crippen molar-refractivity contribution in [2.45, 2.75) is 32.1 Å². The third-order valence-corrected chi connectivity index (χ3v) is 7.54. The van der Waals surface area contributed by atoms with Gasteiger partial charge in [0.15, 0.2) is 0 Å². The minimum absolute atomic E-state index is 0.0191. The Kier molecular flexibility index (Phi) is 6.93. The first-order chi connectivity index (χ1) is 15.9. The minimum atomic E-state index is -0.410. The summed E-state index contributed by atoms with van der Waals surface area (Å²) in [5.74, 6) is -0.811. The van der Waals surface area contributed by atoms with Crippen LogP contribution in [0.15, 0.2) is 24.3 Å². The smallest absolute Gasteiger partial charge is 0.309 e. The molecule has 2 aliphatic heterocycles. The molecule has 2 amide bonds. The van der Waals surface area contributed by atoms with Gasteiger partial charge in [-0.1, -0.05) is 23.8 Å². The highest BCUT2D eigenvalue weighted by atomic mass is 35.5. The summed E-state index contributed by atoms with van der Waals surface area (Å²) in [6.45, 7) is 2.62. The lowest BCUT2D eigenvalue weighted by molar-refractivity contribution is -0.153. The van der Waals surface area contributed by atoms with Crippen LogP contribution in [0, 0.1) is 17.3 Å². The molecule has 0 saturated carbocycles. The van der Waals surface area contributed by atoms with E-state index in [4.69, 9.17) is 21.1 Å². The highest BCUT2D eigenvalue weighted by Crippen LogP contribution is 2.42. The highest BCUT2D eigenvalue weighted by molar-refractivity contribution is 6.29. The van der Waals surface area contributed by atoms with E-state index in [0.717, 1.165) is 19.3 Å². The van der Waals surface area contributed by atoms with Crippen LogP contribution >= 0.6 is 11.6 Å². The van der Waals surface area contributed by atoms with E-state index in [9.17, 15) is 14.4 Å². The van der Waals surface area contributed by atoms with Gasteiger partial charge in [0.05, 0.1) is 26.1 Å². The molecule has 0 aromatic carbocycles. The number of ether oxygens (including phenoxy) is 2. The predicted molar refractivity (Wildman–Crippen MR) is 122 cm³/mol. The highest BCUT2D eigenvalue weighted by Gasteiger charge is 2.45. The Hall–Kier alpha value is -2.61. The maximum atomic E-state index is 13.3. The second-order valence-corrected chi connectivity index (χ2v) is 9.59. The molecule has 4 rings (SSSR count). The van der Waals surface area contributed by atoms with Gasteiger partial charge in [-0.25, -0.2) is 4.98 Å². The first-order valence-electron chi connectivity index (χ1n) is 11.4. The maximum absolute atomic E-state index is 13.3. The number of allylic oxidation sites excluding steroid dienone is 2. The lowest BCUT2D eigenvalue weighted by Crippen LogP contribution is -2.46. The van der Waals surface area contributed by atoms with Gasteiger partial charge in [0.25, 0.3) is 5.91 Å². The Morgan fingerprint density at radius 3 is 2.27 bits per heavy atom. The van der Waals surface area contributed by atoms with E-state index in [2.05, 4.69) is 4.98 Å². The maximum Gasteiger partial charge on any atom is 0.309 e. The standard InChI is InChI=1S/C24H30ClN3O5/c1-32-20-14-16(13-19(25)26-20)21(29)27-10-7-24(8-11-27)9-12-28(15-24)22(30)17-5-3-4-6-18(17)23(31)33-2/h3-4,13-14,17-18H,5-12,15H2,1-2H3/t17-,18+/m1/s1.